The molecule has 7 heteroatoms. The Bertz CT molecular complexity index is 3020. The van der Waals surface area contributed by atoms with Crippen molar-refractivity contribution in [3.05, 3.63) is 155 Å². The van der Waals surface area contributed by atoms with Crippen molar-refractivity contribution in [2.24, 2.45) is 0 Å². The van der Waals surface area contributed by atoms with E-state index in [4.69, 9.17) is 18.5 Å². The molecule has 5 aromatic carbocycles. The molecule has 1 radical (unpaired) electrons. The molecule has 0 fully saturated rings. The van der Waals surface area contributed by atoms with Gasteiger partial charge in [0.05, 0.1) is 33.7 Å². The molecule has 0 N–H and O–H groups in total. The molecule has 58 heavy (non-hydrogen) atoms. The first-order chi connectivity index (χ1) is 28.5. The molecule has 4 heterocycles. The quantitative estimate of drug-likeness (QED) is 0.161. The zero-order valence-electron chi connectivity index (χ0n) is 37.0. The Morgan fingerprint density at radius 2 is 1.50 bits per heavy atom. The molecule has 0 aliphatic rings. The summed E-state index contributed by atoms with van der Waals surface area (Å²) < 4.78 is 44.7. The molecule has 0 spiro atoms. The first kappa shape index (κ1) is 36.8. The fourth-order valence-electron chi connectivity index (χ4n) is 7.61. The third-order valence-electron chi connectivity index (χ3n) is 10.6. The van der Waals surface area contributed by atoms with Crippen molar-refractivity contribution in [2.75, 3.05) is 0 Å². The molecule has 0 unspecified atom stereocenters. The normalized spacial score (nSPS) is 12.8. The predicted octanol–water partition coefficient (Wildman–Crippen LogP) is 13.8. The van der Waals surface area contributed by atoms with Gasteiger partial charge < -0.3 is 14.0 Å². The van der Waals surface area contributed by atoms with E-state index in [9.17, 15) is 4.39 Å². The fourth-order valence-corrected chi connectivity index (χ4v) is 7.61. The van der Waals surface area contributed by atoms with E-state index < -0.39 is 12.7 Å². The number of imidazole rings is 1. The Balaban J connectivity index is 0.000000217. The minimum Gasteiger partial charge on any atom is -0.501 e. The van der Waals surface area contributed by atoms with Gasteiger partial charge >= 0.3 is 0 Å². The zero-order valence-corrected chi connectivity index (χ0v) is 36.4. The monoisotopic (exact) mass is 946 g/mol. The Kier molecular flexibility index (Phi) is 10.2. The van der Waals surface area contributed by atoms with Gasteiger partial charge in [0.2, 0.25) is 0 Å². The number of halogens is 1. The summed E-state index contributed by atoms with van der Waals surface area (Å²) in [6.07, 6.45) is 1.71. The summed E-state index contributed by atoms with van der Waals surface area (Å²) in [5.41, 5.74) is 11.7. The maximum atomic E-state index is 14.1. The van der Waals surface area contributed by atoms with Crippen LogP contribution in [0.4, 0.5) is 4.39 Å². The predicted molar refractivity (Wildman–Crippen MR) is 233 cm³/mol. The average Bonchev–Trinajstić information content (AvgIpc) is 3.80. The van der Waals surface area contributed by atoms with Crippen molar-refractivity contribution in [1.82, 2.24) is 19.5 Å². The second kappa shape index (κ2) is 16.0. The smallest absolute Gasteiger partial charge is 0.120 e. The molecule has 0 atom stereocenters. The third-order valence-corrected chi connectivity index (χ3v) is 10.6. The molecule has 0 bridgehead atoms. The van der Waals surface area contributed by atoms with E-state index in [1.807, 2.05) is 30.3 Å². The van der Waals surface area contributed by atoms with Crippen LogP contribution in [-0.4, -0.2) is 19.5 Å². The SMILES string of the molecule is Cc1nc2ccccc2c2nc(-c3[c-]ccc4c3oc3ccccc34)n(-c3c(C(C)C)cccc3C(C)C)c12.[2H]C([2H])([2H])c1c[c-]c(-c2ccc(C(C)(C)C)cn2)c(F)c1.[Ir]. The van der Waals surface area contributed by atoms with E-state index >= 15 is 0 Å². The van der Waals surface area contributed by atoms with Crippen LogP contribution >= 0.6 is 0 Å². The summed E-state index contributed by atoms with van der Waals surface area (Å²) >= 11 is 0. The third kappa shape index (κ3) is 7.38. The molecular formula is C51H47FIrN4O-2. The number of hydrogen-bond acceptors (Lipinski definition) is 4. The molecule has 295 valence electrons. The second-order valence-corrected chi connectivity index (χ2v) is 16.3. The van der Waals surface area contributed by atoms with Gasteiger partial charge in [-0.3, -0.25) is 14.4 Å². The van der Waals surface area contributed by atoms with Crippen LogP contribution in [0.5, 0.6) is 0 Å². The first-order valence-electron chi connectivity index (χ1n) is 20.9. The number of pyridine rings is 2. The van der Waals surface area contributed by atoms with Crippen LogP contribution in [-0.2, 0) is 25.5 Å². The van der Waals surface area contributed by atoms with E-state index in [-0.39, 0.29) is 36.6 Å². The number of furan rings is 1. The summed E-state index contributed by atoms with van der Waals surface area (Å²) in [5.74, 6) is 0.845. The number of nitrogens with zero attached hydrogens (tertiary/aromatic N) is 4. The number of rotatable bonds is 5. The summed E-state index contributed by atoms with van der Waals surface area (Å²) in [5, 5.41) is 3.21. The van der Waals surface area contributed by atoms with Crippen LogP contribution in [0.2, 0.25) is 0 Å². The van der Waals surface area contributed by atoms with Gasteiger partial charge in [-0.2, -0.15) is 0 Å². The maximum absolute atomic E-state index is 14.1. The summed E-state index contributed by atoms with van der Waals surface area (Å²) in [4.78, 5) is 14.7. The van der Waals surface area contributed by atoms with Gasteiger partial charge in [0.15, 0.2) is 0 Å². The van der Waals surface area contributed by atoms with Crippen LogP contribution in [0.1, 0.15) is 92.4 Å². The summed E-state index contributed by atoms with van der Waals surface area (Å²) in [6.45, 7) is 15.0. The molecular weight excluding hydrogens is 896 g/mol. The van der Waals surface area contributed by atoms with Crippen molar-refractivity contribution in [2.45, 2.75) is 79.5 Å². The number of aryl methyl sites for hydroxylation is 2. The van der Waals surface area contributed by atoms with Crippen molar-refractivity contribution >= 4 is 43.9 Å². The van der Waals surface area contributed by atoms with Gasteiger partial charge in [-0.25, -0.2) is 0 Å². The van der Waals surface area contributed by atoms with Gasteiger partial charge in [0, 0.05) is 52.7 Å². The molecule has 9 rings (SSSR count). The molecule has 5 nitrogen and oxygen atoms in total. The van der Waals surface area contributed by atoms with Crippen LogP contribution in [0.3, 0.4) is 0 Å². The van der Waals surface area contributed by atoms with Crippen LogP contribution in [0.15, 0.2) is 114 Å². The standard InChI is InChI=1S/C35H30N3O.C16H17FN.Ir/c1-20(2)23-14-10-15-24(21(3)4)33(23)38-32-22(5)36-29-18-8-6-13-27(29)31(32)37-35(38)28-17-11-16-26-25-12-7-9-19-30(25)39-34(26)28;1-11-5-7-13(14(17)9-11)15-8-6-12(10-18-15)16(2,3)4;/h6-16,18-21H,1-5H3;5-6,8-10H,1-4H3;/q2*-1;/i;1D3;. The van der Waals surface area contributed by atoms with Gasteiger partial charge in [-0.1, -0.05) is 139 Å². The Hall–Kier alpha value is -5.49. The van der Waals surface area contributed by atoms with E-state index in [2.05, 4.69) is 132 Å². The van der Waals surface area contributed by atoms with Crippen LogP contribution < -0.4 is 0 Å². The molecule has 4 aromatic heterocycles. The molecule has 0 aliphatic heterocycles. The van der Waals surface area contributed by atoms with Gasteiger partial charge in [0.1, 0.15) is 5.58 Å². The average molecular weight is 946 g/mol. The van der Waals surface area contributed by atoms with Crippen molar-refractivity contribution < 1.29 is 33.0 Å². The van der Waals surface area contributed by atoms with Crippen molar-refractivity contribution in [1.29, 1.82) is 0 Å². The van der Waals surface area contributed by atoms with E-state index in [1.54, 1.807) is 12.3 Å². The minimum absolute atomic E-state index is 0. The number of aromatic nitrogens is 4. The minimum atomic E-state index is -2.33. The molecule has 0 saturated carbocycles. The molecule has 0 aliphatic carbocycles. The zero-order chi connectivity index (χ0) is 42.7. The largest absolute Gasteiger partial charge is 0.501 e. The van der Waals surface area contributed by atoms with Crippen molar-refractivity contribution in [3.63, 3.8) is 0 Å². The topological polar surface area (TPSA) is 56.7 Å². The Labute approximate surface area is 358 Å². The first-order valence-corrected chi connectivity index (χ1v) is 19.4. The van der Waals surface area contributed by atoms with Gasteiger partial charge in [-0.05, 0) is 58.7 Å². The summed E-state index contributed by atoms with van der Waals surface area (Å²) in [7, 11) is 0. The molecule has 0 saturated heterocycles. The second-order valence-electron chi connectivity index (χ2n) is 16.3. The molecule has 9 aromatic rings. The Morgan fingerprint density at radius 1 is 0.793 bits per heavy atom. The Morgan fingerprint density at radius 3 is 2.16 bits per heavy atom. The number of fused-ring (bicyclic) bond motifs is 6. The van der Waals surface area contributed by atoms with Crippen LogP contribution in [0.25, 0.3) is 72.2 Å². The van der Waals surface area contributed by atoms with Crippen LogP contribution in [0, 0.1) is 31.7 Å². The van der Waals surface area contributed by atoms with Gasteiger partial charge in [-0.15, -0.1) is 42.0 Å². The summed E-state index contributed by atoms with van der Waals surface area (Å²) in [6, 6.07) is 39.4. The maximum Gasteiger partial charge on any atom is 0.120 e. The van der Waals surface area contributed by atoms with E-state index in [0.29, 0.717) is 17.5 Å². The van der Waals surface area contributed by atoms with Crippen molar-refractivity contribution in [3.8, 4) is 28.3 Å². The number of hydrogen-bond donors (Lipinski definition) is 0. The van der Waals surface area contributed by atoms with E-state index in [0.717, 1.165) is 72.6 Å². The molecule has 0 amide bonds. The number of para-hydroxylation sites is 3. The van der Waals surface area contributed by atoms with E-state index in [1.165, 1.54) is 22.9 Å². The van der Waals surface area contributed by atoms with Gasteiger partial charge in [0.25, 0.3) is 0 Å². The number of benzene rings is 5. The fraction of sp³-hybridized carbons (Fsp3) is 0.235.